The Morgan fingerprint density at radius 2 is 1.60 bits per heavy atom. The van der Waals surface area contributed by atoms with Gasteiger partial charge in [0.05, 0.1) is 32.3 Å². The number of aliphatic hydroxyl groups excluding tert-OH is 2. The van der Waals surface area contributed by atoms with Crippen molar-refractivity contribution in [1.29, 1.82) is 0 Å². The molecule has 0 heterocycles. The summed E-state index contributed by atoms with van der Waals surface area (Å²) in [6, 6.07) is 4.22. The number of ether oxygens (including phenoxy) is 2. The normalized spacial score (nSPS) is 11.7. The van der Waals surface area contributed by atoms with E-state index >= 15 is 0 Å². The number of nitrogens with zero attached hydrogens (tertiary/aromatic N) is 1. The maximum atomic E-state index is 12.4. The minimum absolute atomic E-state index is 0.0112. The maximum absolute atomic E-state index is 12.4. The zero-order valence-corrected chi connectivity index (χ0v) is 12.3. The molecule has 2 N–H and O–H groups in total. The predicted octanol–water partition coefficient (Wildman–Crippen LogP) is -0.321. The average Bonchev–Trinajstić information content (AvgIpc) is 2.46. The van der Waals surface area contributed by atoms with Gasteiger partial charge in [-0.05, 0) is 12.1 Å². The van der Waals surface area contributed by atoms with Crippen molar-refractivity contribution in [3.05, 3.63) is 18.2 Å². The van der Waals surface area contributed by atoms with E-state index in [2.05, 4.69) is 0 Å². The summed E-state index contributed by atoms with van der Waals surface area (Å²) in [5.74, 6) is 0.712. The van der Waals surface area contributed by atoms with Crippen LogP contribution in [0.2, 0.25) is 0 Å². The molecule has 0 aliphatic heterocycles. The second-order valence-corrected chi connectivity index (χ2v) is 5.81. The van der Waals surface area contributed by atoms with Gasteiger partial charge in [0.15, 0.2) is 11.5 Å². The van der Waals surface area contributed by atoms with E-state index in [1.54, 1.807) is 0 Å². The van der Waals surface area contributed by atoms with Gasteiger partial charge in [-0.1, -0.05) is 0 Å². The molecule has 0 aliphatic rings. The van der Waals surface area contributed by atoms with E-state index in [-0.39, 0.29) is 31.2 Å². The van der Waals surface area contributed by atoms with Crippen LogP contribution in [-0.4, -0.2) is 63.5 Å². The second kappa shape index (κ2) is 7.44. The molecule has 0 saturated heterocycles. The summed E-state index contributed by atoms with van der Waals surface area (Å²) >= 11 is 0. The quantitative estimate of drug-likeness (QED) is 0.683. The van der Waals surface area contributed by atoms with Crippen LogP contribution in [-0.2, 0) is 10.0 Å². The molecule has 0 saturated carbocycles. The smallest absolute Gasteiger partial charge is 0.243 e. The zero-order valence-electron chi connectivity index (χ0n) is 11.4. The van der Waals surface area contributed by atoms with Gasteiger partial charge in [-0.3, -0.25) is 0 Å². The molecule has 0 aliphatic carbocycles. The van der Waals surface area contributed by atoms with E-state index in [1.165, 1.54) is 32.4 Å². The first kappa shape index (κ1) is 16.7. The lowest BCUT2D eigenvalue weighted by Gasteiger charge is -2.20. The number of sulfonamides is 1. The molecule has 1 aromatic rings. The predicted molar refractivity (Wildman–Crippen MR) is 72.5 cm³/mol. The summed E-state index contributed by atoms with van der Waals surface area (Å²) in [6.07, 6.45) is 0. The Bertz CT molecular complexity index is 525. The summed E-state index contributed by atoms with van der Waals surface area (Å²) in [7, 11) is -0.941. The van der Waals surface area contributed by atoms with Gasteiger partial charge < -0.3 is 19.7 Å². The highest BCUT2D eigenvalue weighted by Crippen LogP contribution is 2.30. The van der Waals surface area contributed by atoms with Gasteiger partial charge in [-0.2, -0.15) is 4.31 Å². The van der Waals surface area contributed by atoms with E-state index in [1.807, 2.05) is 0 Å². The van der Waals surface area contributed by atoms with Gasteiger partial charge in [0, 0.05) is 19.2 Å². The lowest BCUT2D eigenvalue weighted by Crippen LogP contribution is -2.35. The topological polar surface area (TPSA) is 96.3 Å². The number of methoxy groups -OCH3 is 2. The van der Waals surface area contributed by atoms with Crippen LogP contribution in [0.5, 0.6) is 11.5 Å². The fraction of sp³-hybridized carbons (Fsp3) is 0.500. The number of hydrogen-bond donors (Lipinski definition) is 2. The molecular formula is C12H19NO6S. The van der Waals surface area contributed by atoms with Gasteiger partial charge in [0.25, 0.3) is 0 Å². The van der Waals surface area contributed by atoms with Crippen LogP contribution < -0.4 is 9.47 Å². The van der Waals surface area contributed by atoms with Crippen LogP contribution >= 0.6 is 0 Å². The fourth-order valence-electron chi connectivity index (χ4n) is 1.70. The Labute approximate surface area is 118 Å². The lowest BCUT2D eigenvalue weighted by molar-refractivity contribution is 0.217. The van der Waals surface area contributed by atoms with Gasteiger partial charge in [0.2, 0.25) is 10.0 Å². The Balaban J connectivity index is 3.19. The number of rotatable bonds is 8. The molecule has 114 valence electrons. The lowest BCUT2D eigenvalue weighted by atomic mass is 10.3. The first-order valence-electron chi connectivity index (χ1n) is 5.95. The van der Waals surface area contributed by atoms with E-state index < -0.39 is 10.0 Å². The first-order chi connectivity index (χ1) is 9.51. The van der Waals surface area contributed by atoms with Crippen LogP contribution in [0.25, 0.3) is 0 Å². The van der Waals surface area contributed by atoms with Crippen molar-refractivity contribution in [2.45, 2.75) is 4.90 Å². The summed E-state index contributed by atoms with van der Waals surface area (Å²) in [5.41, 5.74) is 0. The Morgan fingerprint density at radius 3 is 2.05 bits per heavy atom. The molecular weight excluding hydrogens is 286 g/mol. The molecule has 1 aromatic carbocycles. The van der Waals surface area contributed by atoms with Crippen LogP contribution in [0.4, 0.5) is 0 Å². The van der Waals surface area contributed by atoms with E-state index in [0.717, 1.165) is 4.31 Å². The molecule has 0 spiro atoms. The van der Waals surface area contributed by atoms with Crippen molar-refractivity contribution < 1.29 is 28.1 Å². The highest BCUT2D eigenvalue weighted by Gasteiger charge is 2.24. The van der Waals surface area contributed by atoms with Gasteiger partial charge >= 0.3 is 0 Å². The summed E-state index contributed by atoms with van der Waals surface area (Å²) in [4.78, 5) is 0.0112. The number of benzene rings is 1. The molecule has 0 atom stereocenters. The zero-order chi connectivity index (χ0) is 15.2. The SMILES string of the molecule is COc1ccc(S(=O)(=O)N(CCO)CCO)cc1OC. The van der Waals surface area contributed by atoms with Crippen molar-refractivity contribution in [1.82, 2.24) is 4.31 Å². The van der Waals surface area contributed by atoms with Crippen molar-refractivity contribution in [3.63, 3.8) is 0 Å². The maximum Gasteiger partial charge on any atom is 0.243 e. The highest BCUT2D eigenvalue weighted by molar-refractivity contribution is 7.89. The third kappa shape index (κ3) is 3.60. The van der Waals surface area contributed by atoms with Crippen LogP contribution in [0, 0.1) is 0 Å². The van der Waals surface area contributed by atoms with Gasteiger partial charge in [-0.15, -0.1) is 0 Å². The third-order valence-corrected chi connectivity index (χ3v) is 4.59. The Morgan fingerprint density at radius 1 is 1.05 bits per heavy atom. The number of hydrogen-bond acceptors (Lipinski definition) is 6. The summed E-state index contributed by atoms with van der Waals surface area (Å²) in [6.45, 7) is -0.826. The molecule has 0 amide bonds. The van der Waals surface area contributed by atoms with Crippen molar-refractivity contribution in [2.24, 2.45) is 0 Å². The minimum Gasteiger partial charge on any atom is -0.493 e. The molecule has 1 rings (SSSR count). The molecule has 0 fully saturated rings. The van der Waals surface area contributed by atoms with E-state index in [4.69, 9.17) is 19.7 Å². The van der Waals surface area contributed by atoms with E-state index in [9.17, 15) is 8.42 Å². The van der Waals surface area contributed by atoms with Crippen LogP contribution in [0.3, 0.4) is 0 Å². The van der Waals surface area contributed by atoms with Gasteiger partial charge in [0.1, 0.15) is 0 Å². The highest BCUT2D eigenvalue weighted by atomic mass is 32.2. The van der Waals surface area contributed by atoms with Crippen LogP contribution in [0.15, 0.2) is 23.1 Å². The minimum atomic E-state index is -3.81. The van der Waals surface area contributed by atoms with Crippen molar-refractivity contribution >= 4 is 10.0 Å². The monoisotopic (exact) mass is 305 g/mol. The average molecular weight is 305 g/mol. The summed E-state index contributed by atoms with van der Waals surface area (Å²) < 4.78 is 35.9. The second-order valence-electron chi connectivity index (χ2n) is 3.87. The molecule has 0 radical (unpaired) electrons. The molecule has 0 unspecified atom stereocenters. The third-order valence-electron chi connectivity index (χ3n) is 2.69. The number of aliphatic hydroxyl groups is 2. The van der Waals surface area contributed by atoms with Crippen molar-refractivity contribution in [2.75, 3.05) is 40.5 Å². The largest absolute Gasteiger partial charge is 0.493 e. The summed E-state index contributed by atoms with van der Waals surface area (Å²) in [5, 5.41) is 17.8. The Hall–Kier alpha value is -1.35. The molecule has 8 heteroatoms. The molecule has 20 heavy (non-hydrogen) atoms. The standard InChI is InChI=1S/C12H19NO6S/c1-18-11-4-3-10(9-12(11)19-2)20(16,17)13(5-7-14)6-8-15/h3-4,9,14-15H,5-8H2,1-2H3. The fourth-order valence-corrected chi connectivity index (χ4v) is 3.14. The first-order valence-corrected chi connectivity index (χ1v) is 7.39. The van der Waals surface area contributed by atoms with E-state index in [0.29, 0.717) is 11.5 Å². The molecule has 0 bridgehead atoms. The van der Waals surface area contributed by atoms with Crippen LogP contribution in [0.1, 0.15) is 0 Å². The van der Waals surface area contributed by atoms with Gasteiger partial charge in [-0.25, -0.2) is 8.42 Å². The molecule has 7 nitrogen and oxygen atoms in total. The Kier molecular flexibility index (Phi) is 6.21. The van der Waals surface area contributed by atoms with Crippen molar-refractivity contribution in [3.8, 4) is 11.5 Å². The molecule has 0 aromatic heterocycles.